The van der Waals surface area contributed by atoms with Gasteiger partial charge in [-0.15, -0.1) is 0 Å². The van der Waals surface area contributed by atoms with Crippen molar-refractivity contribution in [2.24, 2.45) is 0 Å². The minimum Gasteiger partial charge on any atom is -0.0840 e. The van der Waals surface area contributed by atoms with E-state index >= 15 is 0 Å². The Morgan fingerprint density at radius 2 is 1.92 bits per heavy atom. The molecule has 0 N–H and O–H groups in total. The third-order valence-corrected chi connectivity index (χ3v) is 2.79. The van der Waals surface area contributed by atoms with Gasteiger partial charge in [-0.2, -0.15) is 0 Å². The van der Waals surface area contributed by atoms with Gasteiger partial charge in [-0.1, -0.05) is 38.4 Å². The SMILES string of the molecule is CCc1cc(C(C)C)c(Cl)cc1C. The molecule has 13 heavy (non-hydrogen) atoms. The van der Waals surface area contributed by atoms with E-state index in [9.17, 15) is 0 Å². The molecule has 0 heterocycles. The topological polar surface area (TPSA) is 0 Å². The predicted octanol–water partition coefficient (Wildman–Crippen LogP) is 4.33. The maximum atomic E-state index is 6.15. The lowest BCUT2D eigenvalue weighted by atomic mass is 9.96. The van der Waals surface area contributed by atoms with Gasteiger partial charge in [-0.25, -0.2) is 0 Å². The molecule has 0 bridgehead atoms. The molecule has 1 aromatic carbocycles. The van der Waals surface area contributed by atoms with E-state index in [0.29, 0.717) is 5.92 Å². The summed E-state index contributed by atoms with van der Waals surface area (Å²) in [5.74, 6) is 0.512. The number of benzene rings is 1. The molecule has 0 aliphatic carbocycles. The molecular formula is C12H17Cl. The largest absolute Gasteiger partial charge is 0.0840 e. The Morgan fingerprint density at radius 3 is 2.38 bits per heavy atom. The number of hydrogen-bond donors (Lipinski definition) is 0. The van der Waals surface area contributed by atoms with Gasteiger partial charge in [-0.05, 0) is 42.0 Å². The zero-order chi connectivity index (χ0) is 10.0. The molecule has 0 aromatic heterocycles. The van der Waals surface area contributed by atoms with Gasteiger partial charge in [0.2, 0.25) is 0 Å². The molecule has 0 radical (unpaired) electrons. The normalized spacial score (nSPS) is 10.9. The monoisotopic (exact) mass is 196 g/mol. The molecule has 72 valence electrons. The fourth-order valence-corrected chi connectivity index (χ4v) is 2.00. The van der Waals surface area contributed by atoms with E-state index in [2.05, 4.69) is 39.8 Å². The first-order chi connectivity index (χ1) is 6.06. The van der Waals surface area contributed by atoms with E-state index in [1.54, 1.807) is 0 Å². The Morgan fingerprint density at radius 1 is 1.31 bits per heavy atom. The fourth-order valence-electron chi connectivity index (χ4n) is 1.56. The predicted molar refractivity (Wildman–Crippen MR) is 59.7 cm³/mol. The number of aryl methyl sites for hydroxylation is 2. The van der Waals surface area contributed by atoms with Crippen LogP contribution in [0.15, 0.2) is 12.1 Å². The second-order valence-electron chi connectivity index (χ2n) is 3.81. The Kier molecular flexibility index (Phi) is 3.38. The maximum Gasteiger partial charge on any atom is 0.0443 e. The Balaban J connectivity index is 3.22. The molecule has 0 aliphatic rings. The van der Waals surface area contributed by atoms with E-state index in [-0.39, 0.29) is 0 Å². The van der Waals surface area contributed by atoms with Gasteiger partial charge in [0, 0.05) is 5.02 Å². The molecule has 0 saturated carbocycles. The highest BCUT2D eigenvalue weighted by atomic mass is 35.5. The van der Waals surface area contributed by atoms with E-state index in [4.69, 9.17) is 11.6 Å². The fraction of sp³-hybridized carbons (Fsp3) is 0.500. The van der Waals surface area contributed by atoms with Gasteiger partial charge in [0.25, 0.3) is 0 Å². The van der Waals surface area contributed by atoms with Crippen LogP contribution in [-0.2, 0) is 6.42 Å². The summed E-state index contributed by atoms with van der Waals surface area (Å²) in [6.07, 6.45) is 1.09. The van der Waals surface area contributed by atoms with Crippen LogP contribution < -0.4 is 0 Å². The lowest BCUT2D eigenvalue weighted by Gasteiger charge is -2.12. The second kappa shape index (κ2) is 4.15. The smallest absolute Gasteiger partial charge is 0.0443 e. The molecule has 1 aromatic rings. The van der Waals surface area contributed by atoms with Crippen LogP contribution in [0.1, 0.15) is 43.4 Å². The van der Waals surface area contributed by atoms with Crippen LogP contribution in [0.2, 0.25) is 5.02 Å². The summed E-state index contributed by atoms with van der Waals surface area (Å²) in [5.41, 5.74) is 3.98. The summed E-state index contributed by atoms with van der Waals surface area (Å²) < 4.78 is 0. The number of rotatable bonds is 2. The molecule has 0 nitrogen and oxygen atoms in total. The highest BCUT2D eigenvalue weighted by molar-refractivity contribution is 6.31. The summed E-state index contributed by atoms with van der Waals surface area (Å²) >= 11 is 6.15. The summed E-state index contributed by atoms with van der Waals surface area (Å²) in [7, 11) is 0. The van der Waals surface area contributed by atoms with Crippen molar-refractivity contribution in [1.29, 1.82) is 0 Å². The average molecular weight is 197 g/mol. The van der Waals surface area contributed by atoms with Crippen molar-refractivity contribution in [2.75, 3.05) is 0 Å². The van der Waals surface area contributed by atoms with Gasteiger partial charge >= 0.3 is 0 Å². The molecule has 0 aliphatic heterocycles. The van der Waals surface area contributed by atoms with E-state index < -0.39 is 0 Å². The minimum absolute atomic E-state index is 0.512. The number of hydrogen-bond acceptors (Lipinski definition) is 0. The van der Waals surface area contributed by atoms with E-state index in [1.807, 2.05) is 0 Å². The first-order valence-electron chi connectivity index (χ1n) is 4.85. The van der Waals surface area contributed by atoms with Crippen molar-refractivity contribution in [3.63, 3.8) is 0 Å². The Bertz CT molecular complexity index is 300. The van der Waals surface area contributed by atoms with E-state index in [1.165, 1.54) is 16.7 Å². The van der Waals surface area contributed by atoms with Gasteiger partial charge in [0.1, 0.15) is 0 Å². The van der Waals surface area contributed by atoms with Crippen molar-refractivity contribution in [3.8, 4) is 0 Å². The van der Waals surface area contributed by atoms with Gasteiger partial charge in [0.15, 0.2) is 0 Å². The van der Waals surface area contributed by atoms with Crippen LogP contribution >= 0.6 is 11.6 Å². The average Bonchev–Trinajstić information content (AvgIpc) is 2.03. The van der Waals surface area contributed by atoms with Gasteiger partial charge in [-0.3, -0.25) is 0 Å². The Labute approximate surface area is 85.9 Å². The molecule has 0 spiro atoms. The molecule has 0 saturated heterocycles. The summed E-state index contributed by atoms with van der Waals surface area (Å²) in [6, 6.07) is 4.32. The van der Waals surface area contributed by atoms with Gasteiger partial charge in [0.05, 0.1) is 0 Å². The molecule has 1 heteroatoms. The molecule has 1 rings (SSSR count). The third-order valence-electron chi connectivity index (χ3n) is 2.46. The maximum absolute atomic E-state index is 6.15. The van der Waals surface area contributed by atoms with Crippen LogP contribution in [0.4, 0.5) is 0 Å². The molecule has 0 amide bonds. The number of halogens is 1. The third kappa shape index (κ3) is 2.25. The van der Waals surface area contributed by atoms with Crippen molar-refractivity contribution in [3.05, 3.63) is 33.8 Å². The zero-order valence-corrected chi connectivity index (χ0v) is 9.57. The second-order valence-corrected chi connectivity index (χ2v) is 4.22. The van der Waals surface area contributed by atoms with Crippen LogP contribution in [0.25, 0.3) is 0 Å². The Hall–Kier alpha value is -0.490. The standard InChI is InChI=1S/C12H17Cl/c1-5-10-7-11(8(2)3)12(13)6-9(10)4/h6-8H,5H2,1-4H3. The quantitative estimate of drug-likeness (QED) is 0.661. The molecule has 0 unspecified atom stereocenters. The summed E-state index contributed by atoms with van der Waals surface area (Å²) in [6.45, 7) is 8.65. The van der Waals surface area contributed by atoms with Crippen molar-refractivity contribution in [2.45, 2.75) is 40.0 Å². The van der Waals surface area contributed by atoms with Crippen molar-refractivity contribution >= 4 is 11.6 Å². The van der Waals surface area contributed by atoms with Crippen LogP contribution in [0.5, 0.6) is 0 Å². The minimum atomic E-state index is 0.512. The van der Waals surface area contributed by atoms with Crippen LogP contribution in [-0.4, -0.2) is 0 Å². The molecule has 0 atom stereocenters. The molecular weight excluding hydrogens is 180 g/mol. The van der Waals surface area contributed by atoms with Crippen molar-refractivity contribution in [1.82, 2.24) is 0 Å². The highest BCUT2D eigenvalue weighted by Crippen LogP contribution is 2.27. The zero-order valence-electron chi connectivity index (χ0n) is 8.82. The van der Waals surface area contributed by atoms with E-state index in [0.717, 1.165) is 11.4 Å². The lowest BCUT2D eigenvalue weighted by molar-refractivity contribution is 0.861. The lowest BCUT2D eigenvalue weighted by Crippen LogP contribution is -1.94. The van der Waals surface area contributed by atoms with Crippen LogP contribution in [0.3, 0.4) is 0 Å². The highest BCUT2D eigenvalue weighted by Gasteiger charge is 2.07. The first-order valence-corrected chi connectivity index (χ1v) is 5.23. The van der Waals surface area contributed by atoms with Gasteiger partial charge < -0.3 is 0 Å². The van der Waals surface area contributed by atoms with Crippen molar-refractivity contribution < 1.29 is 0 Å². The molecule has 0 fully saturated rings. The van der Waals surface area contributed by atoms with Crippen LogP contribution in [0, 0.1) is 6.92 Å². The first kappa shape index (κ1) is 10.6. The summed E-state index contributed by atoms with van der Waals surface area (Å²) in [5, 5.41) is 0.907. The summed E-state index contributed by atoms with van der Waals surface area (Å²) in [4.78, 5) is 0.